The molecule has 1 unspecified atom stereocenters. The minimum Gasteiger partial charge on any atom is -0.291 e. The lowest BCUT2D eigenvalue weighted by Gasteiger charge is -2.26. The monoisotopic (exact) mass is 246 g/mol. The first-order valence-electron chi connectivity index (χ1n) is 4.62. The van der Waals surface area contributed by atoms with Gasteiger partial charge in [0.05, 0.1) is 0 Å². The number of hydrogen-bond acceptors (Lipinski definition) is 1. The van der Waals surface area contributed by atoms with Gasteiger partial charge in [0, 0.05) is 0 Å². The summed E-state index contributed by atoms with van der Waals surface area (Å²) in [5, 5.41) is 0. The third kappa shape index (κ3) is 4.06. The molecule has 1 nitrogen and oxygen atoms in total. The van der Waals surface area contributed by atoms with Gasteiger partial charge in [-0.05, 0) is 19.2 Å². The van der Waals surface area contributed by atoms with Crippen LogP contribution in [-0.2, 0) is 4.79 Å². The van der Waals surface area contributed by atoms with Gasteiger partial charge in [0.15, 0.2) is 5.52 Å². The van der Waals surface area contributed by atoms with Crippen LogP contribution in [0.3, 0.4) is 0 Å². The van der Waals surface area contributed by atoms with Crippen LogP contribution in [0.2, 0.25) is 0 Å². The Morgan fingerprint density at radius 2 is 1.40 bits per heavy atom. The van der Waals surface area contributed by atoms with E-state index in [0.717, 1.165) is 0 Å². The van der Waals surface area contributed by atoms with Gasteiger partial charge in [0.1, 0.15) is 0 Å². The maximum absolute atomic E-state index is 12.8. The second kappa shape index (κ2) is 5.24. The molecule has 0 aromatic carbocycles. The lowest BCUT2D eigenvalue weighted by Crippen LogP contribution is -2.33. The predicted molar refractivity (Wildman–Crippen MR) is 53.2 cm³/mol. The van der Waals surface area contributed by atoms with Gasteiger partial charge < -0.3 is 0 Å². The summed E-state index contributed by atoms with van der Waals surface area (Å²) in [6.07, 6.45) is -8.39. The van der Waals surface area contributed by atoms with Gasteiger partial charge in [0.25, 0.3) is 6.17 Å². The van der Waals surface area contributed by atoms with Crippen molar-refractivity contribution in [3.05, 3.63) is 0 Å². The molecule has 0 aromatic heterocycles. The summed E-state index contributed by atoms with van der Waals surface area (Å²) in [4.78, 5) is 11.3. The summed E-state index contributed by atoms with van der Waals surface area (Å²) in [5.41, 5.74) is -1.75. The Morgan fingerprint density at radius 1 is 1.07 bits per heavy atom. The highest BCUT2D eigenvalue weighted by Gasteiger charge is 2.48. The van der Waals surface area contributed by atoms with E-state index >= 15 is 0 Å². The minimum atomic E-state index is -5.07. The highest BCUT2D eigenvalue weighted by Crippen LogP contribution is 2.49. The van der Waals surface area contributed by atoms with Crippen LogP contribution in [0.1, 0.15) is 27.7 Å². The zero-order chi connectivity index (χ0) is 12.4. The smallest absolute Gasteiger partial charge is 0.291 e. The van der Waals surface area contributed by atoms with E-state index in [1.807, 2.05) is 0 Å². The molecule has 0 spiro atoms. The summed E-state index contributed by atoms with van der Waals surface area (Å²) < 4.78 is 48.8. The number of rotatable bonds is 4. The zero-order valence-electron chi connectivity index (χ0n) is 9.10. The van der Waals surface area contributed by atoms with Crippen LogP contribution in [0.4, 0.5) is 17.6 Å². The topological polar surface area (TPSA) is 17.1 Å². The SMILES string of the molecule is CC(C)P(C(=O)C(F)C(F)(F)F)C(C)C. The quantitative estimate of drug-likeness (QED) is 0.546. The van der Waals surface area contributed by atoms with Gasteiger partial charge in [-0.25, -0.2) is 4.39 Å². The molecule has 0 heterocycles. The maximum atomic E-state index is 12.8. The molecule has 0 bridgehead atoms. The first-order chi connectivity index (χ1) is 6.59. The van der Waals surface area contributed by atoms with E-state index in [4.69, 9.17) is 0 Å². The van der Waals surface area contributed by atoms with E-state index < -0.39 is 25.8 Å². The van der Waals surface area contributed by atoms with Crippen LogP contribution in [0.5, 0.6) is 0 Å². The number of alkyl halides is 4. The molecule has 0 amide bonds. The van der Waals surface area contributed by atoms with Gasteiger partial charge in [-0.2, -0.15) is 13.2 Å². The normalized spacial score (nSPS) is 15.1. The summed E-state index contributed by atoms with van der Waals surface area (Å²) in [6, 6.07) is 0. The third-order valence-electron chi connectivity index (χ3n) is 1.87. The Hall–Kier alpha value is -0.180. The molecule has 15 heavy (non-hydrogen) atoms. The Bertz CT molecular complexity index is 217. The maximum Gasteiger partial charge on any atom is 0.427 e. The molecule has 0 rings (SSSR count). The Labute approximate surface area is 88.0 Å². The van der Waals surface area contributed by atoms with Crippen molar-refractivity contribution in [2.24, 2.45) is 0 Å². The van der Waals surface area contributed by atoms with Crippen molar-refractivity contribution >= 4 is 13.4 Å². The van der Waals surface area contributed by atoms with Gasteiger partial charge in [-0.3, -0.25) is 4.79 Å². The second-order valence-corrected chi connectivity index (χ2v) is 7.16. The molecule has 0 aliphatic heterocycles. The van der Waals surface area contributed by atoms with Crippen LogP contribution in [0.25, 0.3) is 0 Å². The van der Waals surface area contributed by atoms with Crippen molar-refractivity contribution in [3.63, 3.8) is 0 Å². The van der Waals surface area contributed by atoms with Gasteiger partial charge >= 0.3 is 6.18 Å². The molecule has 0 N–H and O–H groups in total. The summed E-state index contributed by atoms with van der Waals surface area (Å²) >= 11 is 0. The molecule has 0 saturated heterocycles. The lowest BCUT2D eigenvalue weighted by molar-refractivity contribution is -0.180. The van der Waals surface area contributed by atoms with Crippen molar-refractivity contribution in [2.75, 3.05) is 0 Å². The van der Waals surface area contributed by atoms with Crippen molar-refractivity contribution < 1.29 is 22.4 Å². The van der Waals surface area contributed by atoms with E-state index in [2.05, 4.69) is 0 Å². The average molecular weight is 246 g/mol. The van der Waals surface area contributed by atoms with Gasteiger partial charge in [-0.15, -0.1) is 0 Å². The van der Waals surface area contributed by atoms with E-state index in [-0.39, 0.29) is 11.3 Å². The summed E-state index contributed by atoms with van der Waals surface area (Å²) in [5.74, 6) is 0. The summed E-state index contributed by atoms with van der Waals surface area (Å²) in [6.45, 7) is 6.58. The van der Waals surface area contributed by atoms with Crippen molar-refractivity contribution in [1.82, 2.24) is 0 Å². The van der Waals surface area contributed by atoms with E-state index in [1.54, 1.807) is 27.7 Å². The van der Waals surface area contributed by atoms with Crippen molar-refractivity contribution in [1.29, 1.82) is 0 Å². The van der Waals surface area contributed by atoms with E-state index in [9.17, 15) is 22.4 Å². The molecule has 0 fully saturated rings. The van der Waals surface area contributed by atoms with Crippen LogP contribution in [0.15, 0.2) is 0 Å². The molecule has 0 aliphatic rings. The standard InChI is InChI=1S/C9H15F4OP/c1-5(2)15(6(3)4)8(14)7(10)9(11,12)13/h5-7H,1-4H3. The van der Waals surface area contributed by atoms with E-state index in [1.165, 1.54) is 0 Å². The van der Waals surface area contributed by atoms with Crippen LogP contribution >= 0.6 is 7.92 Å². The second-order valence-electron chi connectivity index (χ2n) is 3.84. The average Bonchev–Trinajstić information content (AvgIpc) is 1.99. The predicted octanol–water partition coefficient (Wildman–Crippen LogP) is 3.71. The highest BCUT2D eigenvalue weighted by molar-refractivity contribution is 7.76. The number of carbonyl (C=O) groups is 1. The van der Waals surface area contributed by atoms with Crippen LogP contribution < -0.4 is 0 Å². The van der Waals surface area contributed by atoms with Crippen LogP contribution in [-0.4, -0.2) is 29.2 Å². The number of halogens is 4. The van der Waals surface area contributed by atoms with Crippen molar-refractivity contribution in [3.8, 4) is 0 Å². The van der Waals surface area contributed by atoms with Crippen molar-refractivity contribution in [2.45, 2.75) is 51.4 Å². The molecule has 0 aliphatic carbocycles. The largest absolute Gasteiger partial charge is 0.427 e. The first kappa shape index (κ1) is 14.8. The Morgan fingerprint density at radius 3 is 1.60 bits per heavy atom. The molecule has 6 heteroatoms. The number of carbonyl (C=O) groups excluding carboxylic acids is 1. The lowest BCUT2D eigenvalue weighted by atomic mass is 10.4. The van der Waals surface area contributed by atoms with Gasteiger partial charge in [0.2, 0.25) is 0 Å². The Kier molecular flexibility index (Phi) is 5.18. The number of hydrogen-bond donors (Lipinski definition) is 0. The fourth-order valence-corrected chi connectivity index (χ4v) is 3.99. The molecule has 90 valence electrons. The minimum absolute atomic E-state index is 0.229. The molecular formula is C9H15F4OP. The first-order valence-corrected chi connectivity index (χ1v) is 6.10. The van der Waals surface area contributed by atoms with Crippen LogP contribution in [0, 0.1) is 0 Å². The molecule has 0 aromatic rings. The third-order valence-corrected chi connectivity index (χ3v) is 4.83. The summed E-state index contributed by atoms with van der Waals surface area (Å²) in [7, 11) is -1.58. The van der Waals surface area contributed by atoms with E-state index in [0.29, 0.717) is 0 Å². The molecular weight excluding hydrogens is 231 g/mol. The van der Waals surface area contributed by atoms with Gasteiger partial charge in [-0.1, -0.05) is 27.7 Å². The highest BCUT2D eigenvalue weighted by atomic mass is 31.1. The molecule has 0 saturated carbocycles. The zero-order valence-corrected chi connectivity index (χ0v) is 9.99. The fraction of sp³-hybridized carbons (Fsp3) is 0.889. The Balaban J connectivity index is 4.81. The molecule has 1 atom stereocenters. The fourth-order valence-electron chi connectivity index (χ4n) is 1.38. The molecule has 0 radical (unpaired) electrons.